The summed E-state index contributed by atoms with van der Waals surface area (Å²) in [5.74, 6) is -0.454. The average Bonchev–Trinajstić information content (AvgIpc) is 2.90. The molecule has 0 N–H and O–H groups in total. The Morgan fingerprint density at radius 1 is 1.00 bits per heavy atom. The number of carbonyl (C=O) groups excluding carboxylic acids is 1. The van der Waals surface area contributed by atoms with Crippen molar-refractivity contribution < 1.29 is 9.18 Å². The number of pyridine rings is 1. The molecule has 0 radical (unpaired) electrons. The van der Waals surface area contributed by atoms with E-state index in [0.717, 1.165) is 33.3 Å². The van der Waals surface area contributed by atoms with E-state index in [-0.39, 0.29) is 23.1 Å². The summed E-state index contributed by atoms with van der Waals surface area (Å²) in [4.78, 5) is 27.0. The molecule has 5 nitrogen and oxygen atoms in total. The minimum atomic E-state index is -0.358. The van der Waals surface area contributed by atoms with E-state index in [2.05, 4.69) is 4.98 Å². The van der Waals surface area contributed by atoms with Gasteiger partial charge >= 0.3 is 0 Å². The van der Waals surface area contributed by atoms with Crippen molar-refractivity contribution in [3.05, 3.63) is 101 Å². The van der Waals surface area contributed by atoms with Crippen molar-refractivity contribution in [3.63, 3.8) is 0 Å². The molecular formula is C29H19FN4O. The van der Waals surface area contributed by atoms with E-state index in [9.17, 15) is 10.1 Å². The van der Waals surface area contributed by atoms with Gasteiger partial charge in [0.05, 0.1) is 22.5 Å². The molecule has 6 rings (SSSR count). The molecule has 2 aromatic heterocycles. The van der Waals surface area contributed by atoms with Crippen LogP contribution in [-0.4, -0.2) is 20.7 Å². The van der Waals surface area contributed by atoms with Crippen LogP contribution in [0.5, 0.6) is 0 Å². The summed E-state index contributed by atoms with van der Waals surface area (Å²) < 4.78 is 15.0. The Hall–Kier alpha value is -4.50. The number of rotatable bonds is 2. The van der Waals surface area contributed by atoms with Crippen molar-refractivity contribution in [2.45, 2.75) is 25.7 Å². The third kappa shape index (κ3) is 3.28. The SMILES string of the molecule is CC1=C2CCc3c(-c4ccccc4F)nc(-c4ccnc5ccccc45)nc3C2C=C(C#N)C1=O. The Bertz CT molecular complexity index is 1660. The number of ketones is 1. The third-order valence-electron chi connectivity index (χ3n) is 6.89. The van der Waals surface area contributed by atoms with Crippen LogP contribution in [0.2, 0.25) is 0 Å². The topological polar surface area (TPSA) is 79.5 Å². The van der Waals surface area contributed by atoms with Gasteiger partial charge < -0.3 is 0 Å². The molecule has 2 heterocycles. The molecule has 2 aromatic carbocycles. The maximum absolute atomic E-state index is 15.0. The normalized spacial score (nSPS) is 17.0. The summed E-state index contributed by atoms with van der Waals surface area (Å²) in [7, 11) is 0. The number of hydrogen-bond donors (Lipinski definition) is 0. The molecule has 6 heteroatoms. The van der Waals surface area contributed by atoms with Crippen LogP contribution in [-0.2, 0) is 11.2 Å². The molecule has 2 aliphatic rings. The lowest BCUT2D eigenvalue weighted by Gasteiger charge is -2.31. The first-order chi connectivity index (χ1) is 17.1. The lowest BCUT2D eigenvalue weighted by atomic mass is 9.74. The predicted octanol–water partition coefficient (Wildman–Crippen LogP) is 5.88. The lowest BCUT2D eigenvalue weighted by molar-refractivity contribution is -0.112. The van der Waals surface area contributed by atoms with Crippen molar-refractivity contribution in [3.8, 4) is 28.7 Å². The molecule has 4 aromatic rings. The molecular weight excluding hydrogens is 439 g/mol. The molecule has 0 saturated heterocycles. The Balaban J connectivity index is 1.68. The minimum absolute atomic E-state index is 0.117. The third-order valence-corrected chi connectivity index (χ3v) is 6.89. The highest BCUT2D eigenvalue weighted by Crippen LogP contribution is 2.45. The summed E-state index contributed by atoms with van der Waals surface area (Å²) in [5, 5.41) is 10.5. The fourth-order valence-electron chi connectivity index (χ4n) is 5.15. The Labute approximate surface area is 201 Å². The first-order valence-corrected chi connectivity index (χ1v) is 11.4. The van der Waals surface area contributed by atoms with Gasteiger partial charge in [-0.3, -0.25) is 9.78 Å². The van der Waals surface area contributed by atoms with Gasteiger partial charge in [-0.25, -0.2) is 14.4 Å². The van der Waals surface area contributed by atoms with Crippen LogP contribution >= 0.6 is 0 Å². The number of hydrogen-bond acceptors (Lipinski definition) is 5. The van der Waals surface area contributed by atoms with Crippen molar-refractivity contribution in [1.82, 2.24) is 15.0 Å². The van der Waals surface area contributed by atoms with Gasteiger partial charge in [0.2, 0.25) is 0 Å². The molecule has 0 amide bonds. The number of Topliss-reactive ketones (excluding diaryl/α,β-unsaturated/α-hetero) is 1. The Morgan fingerprint density at radius 2 is 1.80 bits per heavy atom. The number of aromatic nitrogens is 3. The molecule has 0 saturated carbocycles. The maximum atomic E-state index is 15.0. The van der Waals surface area contributed by atoms with E-state index in [1.165, 1.54) is 6.07 Å². The second-order valence-electron chi connectivity index (χ2n) is 8.76. The molecule has 2 aliphatic carbocycles. The van der Waals surface area contributed by atoms with Gasteiger partial charge in [0.15, 0.2) is 11.6 Å². The number of allylic oxidation sites excluding steroid dienone is 4. The fourth-order valence-corrected chi connectivity index (χ4v) is 5.15. The summed E-state index contributed by atoms with van der Waals surface area (Å²) in [6, 6.07) is 18.2. The van der Waals surface area contributed by atoms with Crippen LogP contribution in [0.3, 0.4) is 0 Å². The summed E-state index contributed by atoms with van der Waals surface area (Å²) in [6.45, 7) is 1.77. The quantitative estimate of drug-likeness (QED) is 0.375. The summed E-state index contributed by atoms with van der Waals surface area (Å²) in [5.41, 5.74) is 5.80. The molecule has 35 heavy (non-hydrogen) atoms. The number of benzene rings is 2. The number of nitriles is 1. The highest BCUT2D eigenvalue weighted by Gasteiger charge is 2.35. The molecule has 168 valence electrons. The molecule has 0 aliphatic heterocycles. The van der Waals surface area contributed by atoms with E-state index >= 15 is 4.39 Å². The van der Waals surface area contributed by atoms with E-state index in [4.69, 9.17) is 9.97 Å². The van der Waals surface area contributed by atoms with Crippen LogP contribution in [0, 0.1) is 17.1 Å². The molecule has 1 unspecified atom stereocenters. The number of nitrogens with zero attached hydrogens (tertiary/aromatic N) is 4. The number of fused-ring (bicyclic) bond motifs is 4. The lowest BCUT2D eigenvalue weighted by Crippen LogP contribution is -2.23. The van der Waals surface area contributed by atoms with Crippen LogP contribution in [0.15, 0.2) is 83.6 Å². The highest BCUT2D eigenvalue weighted by molar-refractivity contribution is 6.12. The Morgan fingerprint density at radius 3 is 2.63 bits per heavy atom. The average molecular weight is 458 g/mol. The van der Waals surface area contributed by atoms with Gasteiger partial charge in [-0.1, -0.05) is 35.9 Å². The zero-order valence-electron chi connectivity index (χ0n) is 18.9. The number of carbonyl (C=O) groups is 1. The van der Waals surface area contributed by atoms with Crippen LogP contribution < -0.4 is 0 Å². The summed E-state index contributed by atoms with van der Waals surface area (Å²) >= 11 is 0. The molecule has 1 atom stereocenters. The number of halogens is 1. The van der Waals surface area contributed by atoms with Gasteiger partial charge in [0.1, 0.15) is 11.9 Å². The Kier molecular flexibility index (Phi) is 4.85. The largest absolute Gasteiger partial charge is 0.288 e. The zero-order valence-corrected chi connectivity index (χ0v) is 18.9. The predicted molar refractivity (Wildman–Crippen MR) is 131 cm³/mol. The maximum Gasteiger partial charge on any atom is 0.198 e. The van der Waals surface area contributed by atoms with E-state index < -0.39 is 0 Å². The van der Waals surface area contributed by atoms with Gasteiger partial charge in [0, 0.05) is 34.2 Å². The van der Waals surface area contributed by atoms with Gasteiger partial charge in [-0.05, 0) is 55.7 Å². The summed E-state index contributed by atoms with van der Waals surface area (Å²) in [6.07, 6.45) is 4.64. The fraction of sp³-hybridized carbons (Fsp3) is 0.138. The van der Waals surface area contributed by atoms with Gasteiger partial charge in [0.25, 0.3) is 0 Å². The molecule has 0 bridgehead atoms. The van der Waals surface area contributed by atoms with E-state index in [1.54, 1.807) is 37.4 Å². The van der Waals surface area contributed by atoms with Crippen LogP contribution in [0.1, 0.15) is 30.5 Å². The van der Waals surface area contributed by atoms with E-state index in [0.29, 0.717) is 35.5 Å². The zero-order chi connectivity index (χ0) is 24.1. The smallest absolute Gasteiger partial charge is 0.198 e. The van der Waals surface area contributed by atoms with Crippen LogP contribution in [0.25, 0.3) is 33.5 Å². The standard InChI is InChI=1S/C29H19FN4O/c1-16-18-10-11-22-26(21-7-2-4-8-24(21)30)33-29(20-12-13-32-25-9-5-3-6-19(20)25)34-27(22)23(18)14-17(15-31)28(16)35/h2-9,12-14,23H,10-11H2,1H3. The van der Waals surface area contributed by atoms with Gasteiger partial charge in [-0.2, -0.15) is 5.26 Å². The van der Waals surface area contributed by atoms with Crippen molar-refractivity contribution in [2.24, 2.45) is 0 Å². The van der Waals surface area contributed by atoms with Crippen molar-refractivity contribution in [2.75, 3.05) is 0 Å². The first-order valence-electron chi connectivity index (χ1n) is 11.4. The van der Waals surface area contributed by atoms with Crippen LogP contribution in [0.4, 0.5) is 4.39 Å². The molecule has 0 fully saturated rings. The van der Waals surface area contributed by atoms with Crippen molar-refractivity contribution in [1.29, 1.82) is 5.26 Å². The molecule has 0 spiro atoms. The van der Waals surface area contributed by atoms with Gasteiger partial charge in [-0.15, -0.1) is 0 Å². The monoisotopic (exact) mass is 458 g/mol. The van der Waals surface area contributed by atoms with Crippen molar-refractivity contribution >= 4 is 16.7 Å². The number of para-hydroxylation sites is 1. The highest BCUT2D eigenvalue weighted by atomic mass is 19.1. The second kappa shape index (κ2) is 8.07. The van der Waals surface area contributed by atoms with E-state index in [1.807, 2.05) is 36.4 Å². The minimum Gasteiger partial charge on any atom is -0.288 e. The second-order valence-corrected chi connectivity index (χ2v) is 8.76. The first kappa shape index (κ1) is 21.1.